The normalized spacial score (nSPS) is 26.8. The minimum absolute atomic E-state index is 0.329. The summed E-state index contributed by atoms with van der Waals surface area (Å²) < 4.78 is 0. The molecule has 1 saturated heterocycles. The molecular weight excluding hydrogens is 382 g/mol. The topological polar surface area (TPSA) is 60.0 Å². The van der Waals surface area contributed by atoms with E-state index in [0.29, 0.717) is 17.9 Å². The Balaban J connectivity index is 1.38. The first-order valence-corrected chi connectivity index (χ1v) is 12.9. The zero-order valence-electron chi connectivity index (χ0n) is 18.5. The lowest BCUT2D eigenvalue weighted by Crippen LogP contribution is -2.51. The Labute approximate surface area is 181 Å². The molecule has 0 bridgehead atoms. The third-order valence-corrected chi connectivity index (χ3v) is 7.77. The number of aliphatic imine (C=N–C) groups is 1. The highest BCUT2D eigenvalue weighted by Gasteiger charge is 2.31. The van der Waals surface area contributed by atoms with Crippen LogP contribution in [0.15, 0.2) is 4.99 Å². The number of amides is 1. The van der Waals surface area contributed by atoms with Crippen LogP contribution >= 0.6 is 11.8 Å². The summed E-state index contributed by atoms with van der Waals surface area (Å²) in [5.74, 6) is 2.92. The van der Waals surface area contributed by atoms with Crippen molar-refractivity contribution in [3.63, 3.8) is 0 Å². The van der Waals surface area contributed by atoms with Crippen molar-refractivity contribution in [3.8, 4) is 0 Å². The summed E-state index contributed by atoms with van der Waals surface area (Å²) >= 11 is 2.11. The van der Waals surface area contributed by atoms with Crippen molar-refractivity contribution in [2.24, 2.45) is 10.9 Å². The Morgan fingerprint density at radius 2 is 1.83 bits per heavy atom. The average molecular weight is 424 g/mol. The van der Waals surface area contributed by atoms with Crippen LogP contribution in [0.3, 0.4) is 0 Å². The van der Waals surface area contributed by atoms with Crippen molar-refractivity contribution in [3.05, 3.63) is 0 Å². The number of rotatable bonds is 8. The summed E-state index contributed by atoms with van der Waals surface area (Å²) in [6.45, 7) is 10.8. The van der Waals surface area contributed by atoms with Gasteiger partial charge in [0.2, 0.25) is 5.91 Å². The van der Waals surface area contributed by atoms with Gasteiger partial charge in [0.15, 0.2) is 5.96 Å². The predicted molar refractivity (Wildman–Crippen MR) is 124 cm³/mol. The maximum Gasteiger partial charge on any atom is 0.225 e. The van der Waals surface area contributed by atoms with E-state index in [9.17, 15) is 4.79 Å². The minimum Gasteiger partial charge on any atom is -0.357 e. The van der Waals surface area contributed by atoms with Crippen molar-refractivity contribution >= 4 is 23.6 Å². The van der Waals surface area contributed by atoms with Crippen LogP contribution in [0.25, 0.3) is 0 Å². The van der Waals surface area contributed by atoms with Gasteiger partial charge in [-0.1, -0.05) is 19.8 Å². The van der Waals surface area contributed by atoms with Gasteiger partial charge in [-0.2, -0.15) is 11.8 Å². The zero-order chi connectivity index (χ0) is 20.5. The van der Waals surface area contributed by atoms with Crippen molar-refractivity contribution in [2.75, 3.05) is 51.6 Å². The van der Waals surface area contributed by atoms with E-state index < -0.39 is 0 Å². The molecule has 0 radical (unpaired) electrons. The number of piperazine rings is 1. The molecule has 0 spiro atoms. The molecule has 3 rings (SSSR count). The molecule has 1 heterocycles. The molecule has 2 N–H and O–H groups in total. The van der Waals surface area contributed by atoms with E-state index in [1.54, 1.807) is 0 Å². The van der Waals surface area contributed by atoms with Crippen molar-refractivity contribution in [2.45, 2.75) is 70.1 Å². The van der Waals surface area contributed by atoms with E-state index in [1.165, 1.54) is 37.9 Å². The van der Waals surface area contributed by atoms with Crippen LogP contribution < -0.4 is 10.6 Å². The van der Waals surface area contributed by atoms with Crippen LogP contribution in [0.2, 0.25) is 0 Å². The molecule has 2 aliphatic carbocycles. The van der Waals surface area contributed by atoms with Gasteiger partial charge in [0.05, 0.1) is 6.54 Å². The van der Waals surface area contributed by atoms with Crippen molar-refractivity contribution < 1.29 is 4.79 Å². The maximum atomic E-state index is 12.4. The van der Waals surface area contributed by atoms with Crippen LogP contribution in [0, 0.1) is 5.92 Å². The van der Waals surface area contributed by atoms with Crippen LogP contribution in [-0.2, 0) is 4.79 Å². The summed E-state index contributed by atoms with van der Waals surface area (Å²) in [4.78, 5) is 21.8. The summed E-state index contributed by atoms with van der Waals surface area (Å²) in [6.07, 6.45) is 8.62. The Morgan fingerprint density at radius 3 is 2.48 bits per heavy atom. The van der Waals surface area contributed by atoms with Crippen LogP contribution in [-0.4, -0.2) is 84.5 Å². The molecule has 7 heteroatoms. The van der Waals surface area contributed by atoms with E-state index in [2.05, 4.69) is 46.0 Å². The van der Waals surface area contributed by atoms with Gasteiger partial charge in [-0.25, -0.2) is 0 Å². The highest BCUT2D eigenvalue weighted by Crippen LogP contribution is 2.29. The number of guanidine groups is 1. The van der Waals surface area contributed by atoms with Gasteiger partial charge in [0, 0.05) is 56.5 Å². The standard InChI is InChI=1S/C22H41N5OS/c1-3-23-22(25-19-9-6-10-20(17-19)29-4-2)24-11-12-26-13-15-27(16-14-26)21(28)18-7-5-8-18/h18-20H,3-17H2,1-2H3,(H2,23,24,25). The molecule has 6 nitrogen and oxygen atoms in total. The van der Waals surface area contributed by atoms with Crippen LogP contribution in [0.5, 0.6) is 0 Å². The largest absolute Gasteiger partial charge is 0.357 e. The first-order valence-electron chi connectivity index (χ1n) is 11.9. The van der Waals surface area contributed by atoms with Crippen LogP contribution in [0.4, 0.5) is 0 Å². The van der Waals surface area contributed by atoms with E-state index >= 15 is 0 Å². The fourth-order valence-electron chi connectivity index (χ4n) is 4.58. The van der Waals surface area contributed by atoms with Gasteiger partial charge in [-0.3, -0.25) is 14.7 Å². The summed E-state index contributed by atoms with van der Waals surface area (Å²) in [5.41, 5.74) is 0. The zero-order valence-corrected chi connectivity index (χ0v) is 19.3. The second kappa shape index (κ2) is 12.0. The third-order valence-electron chi connectivity index (χ3n) is 6.54. The Hall–Kier alpha value is -0.950. The molecule has 0 aromatic heterocycles. The molecule has 166 valence electrons. The van der Waals surface area contributed by atoms with E-state index in [-0.39, 0.29) is 0 Å². The van der Waals surface area contributed by atoms with Crippen LogP contribution in [0.1, 0.15) is 58.8 Å². The van der Waals surface area contributed by atoms with E-state index in [1.807, 2.05) is 0 Å². The van der Waals surface area contributed by atoms with Gasteiger partial charge in [0.1, 0.15) is 0 Å². The smallest absolute Gasteiger partial charge is 0.225 e. The molecule has 0 aromatic rings. The van der Waals surface area contributed by atoms with Gasteiger partial charge in [-0.05, 0) is 44.8 Å². The Kier molecular flexibility index (Phi) is 9.43. The van der Waals surface area contributed by atoms with Crippen molar-refractivity contribution in [1.82, 2.24) is 20.4 Å². The predicted octanol–water partition coefficient (Wildman–Crippen LogP) is 2.55. The number of nitrogens with zero attached hydrogens (tertiary/aromatic N) is 3. The molecule has 3 fully saturated rings. The number of carbonyl (C=O) groups is 1. The molecule has 1 aliphatic heterocycles. The van der Waals surface area contributed by atoms with E-state index in [4.69, 9.17) is 4.99 Å². The summed E-state index contributed by atoms with van der Waals surface area (Å²) in [5, 5.41) is 7.91. The number of thioether (sulfide) groups is 1. The summed E-state index contributed by atoms with van der Waals surface area (Å²) in [6, 6.07) is 0.548. The molecule has 2 atom stereocenters. The Morgan fingerprint density at radius 1 is 1.07 bits per heavy atom. The quantitative estimate of drug-likeness (QED) is 0.464. The molecule has 3 aliphatic rings. The fraction of sp³-hybridized carbons (Fsp3) is 0.909. The lowest BCUT2D eigenvalue weighted by molar-refractivity contribution is -0.139. The van der Waals surface area contributed by atoms with E-state index in [0.717, 1.165) is 69.9 Å². The SMILES string of the molecule is CCNC(=NCCN1CCN(C(=O)C2CCC2)CC1)NC1CCCC(SCC)C1. The van der Waals surface area contributed by atoms with Gasteiger partial charge in [0.25, 0.3) is 0 Å². The molecule has 29 heavy (non-hydrogen) atoms. The number of hydrogen-bond acceptors (Lipinski definition) is 4. The molecule has 2 saturated carbocycles. The molecule has 1 amide bonds. The van der Waals surface area contributed by atoms with Gasteiger partial charge >= 0.3 is 0 Å². The molecular formula is C22H41N5OS. The lowest BCUT2D eigenvalue weighted by atomic mass is 9.84. The highest BCUT2D eigenvalue weighted by atomic mass is 32.2. The minimum atomic E-state index is 0.329. The van der Waals surface area contributed by atoms with Gasteiger partial charge < -0.3 is 15.5 Å². The number of carbonyl (C=O) groups excluding carboxylic acids is 1. The second-order valence-corrected chi connectivity index (χ2v) is 10.2. The highest BCUT2D eigenvalue weighted by molar-refractivity contribution is 7.99. The molecule has 0 aromatic carbocycles. The first-order chi connectivity index (χ1) is 14.2. The third kappa shape index (κ3) is 7.06. The average Bonchev–Trinajstić information content (AvgIpc) is 2.68. The maximum absolute atomic E-state index is 12.4. The summed E-state index contributed by atoms with van der Waals surface area (Å²) in [7, 11) is 0. The molecule has 2 unspecified atom stereocenters. The second-order valence-electron chi connectivity index (χ2n) is 8.64. The van der Waals surface area contributed by atoms with Gasteiger partial charge in [-0.15, -0.1) is 0 Å². The number of hydrogen-bond donors (Lipinski definition) is 2. The fourth-order valence-corrected chi connectivity index (χ4v) is 5.76. The van der Waals surface area contributed by atoms with Crippen molar-refractivity contribution in [1.29, 1.82) is 0 Å². The first kappa shape index (κ1) is 22.7. The lowest BCUT2D eigenvalue weighted by Gasteiger charge is -2.38. The Bertz CT molecular complexity index is 529. The number of nitrogens with one attached hydrogen (secondary N) is 2. The monoisotopic (exact) mass is 423 g/mol.